The molecule has 1 aromatic rings. The Bertz CT molecular complexity index is 414. The van der Waals surface area contributed by atoms with Gasteiger partial charge in [-0.1, -0.05) is 0 Å². The number of rotatable bonds is 4. The van der Waals surface area contributed by atoms with E-state index in [2.05, 4.69) is 5.32 Å². The number of ketones is 1. The maximum absolute atomic E-state index is 13.6. The van der Waals surface area contributed by atoms with Crippen LogP contribution >= 0.6 is 0 Å². The number of benzene rings is 1. The van der Waals surface area contributed by atoms with E-state index in [1.165, 1.54) is 12.1 Å². The Hall–Kier alpha value is -1.42. The van der Waals surface area contributed by atoms with Gasteiger partial charge in [0, 0.05) is 5.56 Å². The number of carbonyl (C=O) groups is 1. The molecule has 1 aliphatic rings. The number of nitrogens with one attached hydrogen (secondary N) is 1. The normalized spacial score (nSPS) is 19.3. The first-order chi connectivity index (χ1) is 8.22. The number of hydrogen-bond acceptors (Lipinski definition) is 3. The fourth-order valence-corrected chi connectivity index (χ4v) is 2.04. The molecule has 1 atom stereocenters. The summed E-state index contributed by atoms with van der Waals surface area (Å²) in [4.78, 5) is 12.0. The molecule has 1 fully saturated rings. The van der Waals surface area contributed by atoms with Crippen LogP contribution in [0.2, 0.25) is 0 Å². The molecule has 1 heterocycles. The molecule has 0 bridgehead atoms. The molecule has 0 radical (unpaired) electrons. The molecule has 1 N–H and O–H groups in total. The zero-order chi connectivity index (χ0) is 12.3. The molecular weight excluding hydrogens is 221 g/mol. The van der Waals surface area contributed by atoms with Gasteiger partial charge in [-0.2, -0.15) is 0 Å². The molecule has 1 saturated heterocycles. The van der Waals surface area contributed by atoms with Crippen LogP contribution in [-0.4, -0.2) is 25.0 Å². The minimum absolute atomic E-state index is 0.0375. The van der Waals surface area contributed by atoms with Crippen LogP contribution in [0.1, 0.15) is 30.1 Å². The van der Waals surface area contributed by atoms with Gasteiger partial charge < -0.3 is 10.1 Å². The van der Waals surface area contributed by atoms with Crippen molar-refractivity contribution < 1.29 is 13.9 Å². The lowest BCUT2D eigenvalue weighted by molar-refractivity contribution is 0.0952. The van der Waals surface area contributed by atoms with Crippen LogP contribution in [0.25, 0.3) is 0 Å². The van der Waals surface area contributed by atoms with Gasteiger partial charge in [0.2, 0.25) is 0 Å². The number of ether oxygens (including phenoxy) is 1. The summed E-state index contributed by atoms with van der Waals surface area (Å²) in [5.41, 5.74) is 0.408. The summed E-state index contributed by atoms with van der Waals surface area (Å²) < 4.78 is 18.7. The molecule has 17 heavy (non-hydrogen) atoms. The molecular formula is C13H16FNO2. The van der Waals surface area contributed by atoms with Crippen molar-refractivity contribution >= 4 is 5.78 Å². The van der Waals surface area contributed by atoms with Crippen molar-refractivity contribution in [2.75, 3.05) is 13.2 Å². The topological polar surface area (TPSA) is 38.3 Å². The molecule has 1 aliphatic heterocycles. The molecule has 0 aromatic heterocycles. The van der Waals surface area contributed by atoms with E-state index in [1.807, 2.05) is 0 Å². The third kappa shape index (κ3) is 2.64. The van der Waals surface area contributed by atoms with Crippen molar-refractivity contribution in [3.05, 3.63) is 29.6 Å². The molecule has 0 spiro atoms. The van der Waals surface area contributed by atoms with Crippen molar-refractivity contribution in [1.82, 2.24) is 5.32 Å². The molecule has 2 rings (SSSR count). The molecule has 1 unspecified atom stereocenters. The second-order valence-corrected chi connectivity index (χ2v) is 4.09. The Morgan fingerprint density at radius 3 is 3.00 bits per heavy atom. The van der Waals surface area contributed by atoms with Crippen LogP contribution < -0.4 is 10.1 Å². The molecule has 0 amide bonds. The smallest absolute Gasteiger partial charge is 0.179 e. The summed E-state index contributed by atoms with van der Waals surface area (Å²) in [6, 6.07) is 4.23. The van der Waals surface area contributed by atoms with Gasteiger partial charge in [0.15, 0.2) is 17.3 Å². The maximum atomic E-state index is 13.6. The van der Waals surface area contributed by atoms with E-state index in [0.29, 0.717) is 12.2 Å². The molecule has 0 aliphatic carbocycles. The summed E-state index contributed by atoms with van der Waals surface area (Å²) in [5, 5.41) is 3.11. The first-order valence-corrected chi connectivity index (χ1v) is 5.92. The number of carbonyl (C=O) groups excluding carboxylic acids is 1. The largest absolute Gasteiger partial charge is 0.491 e. The summed E-state index contributed by atoms with van der Waals surface area (Å²) in [7, 11) is 0. The van der Waals surface area contributed by atoms with Crippen LogP contribution in [0.15, 0.2) is 18.2 Å². The van der Waals surface area contributed by atoms with E-state index in [0.717, 1.165) is 19.4 Å². The average molecular weight is 237 g/mol. The van der Waals surface area contributed by atoms with Crippen molar-refractivity contribution in [3.63, 3.8) is 0 Å². The minimum atomic E-state index is -0.476. The summed E-state index contributed by atoms with van der Waals surface area (Å²) >= 11 is 0. The van der Waals surface area contributed by atoms with E-state index >= 15 is 0 Å². The summed E-state index contributed by atoms with van der Waals surface area (Å²) in [6.07, 6.45) is 1.82. The van der Waals surface area contributed by atoms with E-state index in [-0.39, 0.29) is 17.6 Å². The van der Waals surface area contributed by atoms with Gasteiger partial charge in [-0.05, 0) is 44.5 Å². The fourth-order valence-electron chi connectivity index (χ4n) is 2.04. The van der Waals surface area contributed by atoms with Gasteiger partial charge >= 0.3 is 0 Å². The Balaban J connectivity index is 2.16. The highest BCUT2D eigenvalue weighted by molar-refractivity contribution is 6.00. The fraction of sp³-hybridized carbons (Fsp3) is 0.462. The number of Topliss-reactive ketones (excluding diaryl/α,β-unsaturated/α-hetero) is 1. The van der Waals surface area contributed by atoms with E-state index in [9.17, 15) is 9.18 Å². The van der Waals surface area contributed by atoms with Crippen LogP contribution in [0.5, 0.6) is 5.75 Å². The Labute approximate surface area is 100.0 Å². The summed E-state index contributed by atoms with van der Waals surface area (Å²) in [6.45, 7) is 3.06. The minimum Gasteiger partial charge on any atom is -0.491 e. The molecule has 3 nitrogen and oxygen atoms in total. The number of halogens is 1. The van der Waals surface area contributed by atoms with Crippen LogP contribution in [-0.2, 0) is 0 Å². The second kappa shape index (κ2) is 5.27. The molecule has 1 aromatic carbocycles. The van der Waals surface area contributed by atoms with Gasteiger partial charge in [-0.15, -0.1) is 0 Å². The van der Waals surface area contributed by atoms with Crippen LogP contribution in [0.3, 0.4) is 0 Å². The predicted molar refractivity (Wildman–Crippen MR) is 62.9 cm³/mol. The van der Waals surface area contributed by atoms with E-state index < -0.39 is 5.82 Å². The van der Waals surface area contributed by atoms with E-state index in [4.69, 9.17) is 4.74 Å². The van der Waals surface area contributed by atoms with Gasteiger partial charge in [0.05, 0.1) is 12.6 Å². The lowest BCUT2D eigenvalue weighted by atomic mass is 10.0. The van der Waals surface area contributed by atoms with Gasteiger partial charge in [-0.3, -0.25) is 4.79 Å². The lowest BCUT2D eigenvalue weighted by Gasteiger charge is -2.10. The van der Waals surface area contributed by atoms with Crippen molar-refractivity contribution in [1.29, 1.82) is 0 Å². The van der Waals surface area contributed by atoms with Crippen LogP contribution in [0, 0.1) is 5.82 Å². The third-order valence-electron chi connectivity index (χ3n) is 2.89. The Kier molecular flexibility index (Phi) is 3.74. The van der Waals surface area contributed by atoms with E-state index in [1.54, 1.807) is 13.0 Å². The van der Waals surface area contributed by atoms with Gasteiger partial charge in [0.25, 0.3) is 0 Å². The highest BCUT2D eigenvalue weighted by Crippen LogP contribution is 2.20. The highest BCUT2D eigenvalue weighted by Gasteiger charge is 2.23. The number of hydrogen-bond donors (Lipinski definition) is 1. The van der Waals surface area contributed by atoms with Gasteiger partial charge in [-0.25, -0.2) is 4.39 Å². The standard InChI is InChI=1S/C13H16FNO2/c1-2-17-12-6-5-9(8-10(12)14)13(16)11-4-3-7-15-11/h5-6,8,11,15H,2-4,7H2,1H3. The zero-order valence-electron chi connectivity index (χ0n) is 9.83. The maximum Gasteiger partial charge on any atom is 0.179 e. The second-order valence-electron chi connectivity index (χ2n) is 4.09. The molecule has 0 saturated carbocycles. The third-order valence-corrected chi connectivity index (χ3v) is 2.89. The van der Waals surface area contributed by atoms with Crippen LogP contribution in [0.4, 0.5) is 4.39 Å². The Morgan fingerprint density at radius 2 is 2.41 bits per heavy atom. The van der Waals surface area contributed by atoms with Crippen molar-refractivity contribution in [2.45, 2.75) is 25.8 Å². The first kappa shape index (κ1) is 12.0. The van der Waals surface area contributed by atoms with Crippen molar-refractivity contribution in [3.8, 4) is 5.75 Å². The zero-order valence-corrected chi connectivity index (χ0v) is 9.83. The van der Waals surface area contributed by atoms with Crippen molar-refractivity contribution in [2.24, 2.45) is 0 Å². The van der Waals surface area contributed by atoms with Gasteiger partial charge in [0.1, 0.15) is 0 Å². The lowest BCUT2D eigenvalue weighted by Crippen LogP contribution is -2.30. The average Bonchev–Trinajstić information content (AvgIpc) is 2.84. The first-order valence-electron chi connectivity index (χ1n) is 5.92. The quantitative estimate of drug-likeness (QED) is 0.815. The molecule has 92 valence electrons. The predicted octanol–water partition coefficient (Wildman–Crippen LogP) is 2.16. The monoisotopic (exact) mass is 237 g/mol. The highest BCUT2D eigenvalue weighted by atomic mass is 19.1. The summed E-state index contributed by atoms with van der Waals surface area (Å²) in [5.74, 6) is -0.316. The Morgan fingerprint density at radius 1 is 1.59 bits per heavy atom. The molecule has 4 heteroatoms. The SMILES string of the molecule is CCOc1ccc(C(=O)C2CCCN2)cc1F.